The first-order chi connectivity index (χ1) is 9.24. The van der Waals surface area contributed by atoms with E-state index < -0.39 is 0 Å². The first-order valence-corrected chi connectivity index (χ1v) is 5.93. The highest BCUT2D eigenvalue weighted by Gasteiger charge is 2.01. The van der Waals surface area contributed by atoms with Crippen LogP contribution < -0.4 is 10.6 Å². The number of benzene rings is 1. The number of hydrogen-bond donors (Lipinski definition) is 2. The Bertz CT molecular complexity index is 528. The van der Waals surface area contributed by atoms with Crippen LogP contribution in [-0.4, -0.2) is 17.6 Å². The Balaban J connectivity index is 1.74. The number of carbonyl (C=O) groups is 1. The van der Waals surface area contributed by atoms with Crippen molar-refractivity contribution >= 4 is 11.7 Å². The van der Waals surface area contributed by atoms with E-state index in [0.29, 0.717) is 18.7 Å². The summed E-state index contributed by atoms with van der Waals surface area (Å²) in [5.41, 5.74) is 1.62. The van der Waals surface area contributed by atoms with Crippen molar-refractivity contribution in [3.05, 3.63) is 60.2 Å². The van der Waals surface area contributed by atoms with Crippen LogP contribution in [-0.2, 0) is 6.42 Å². The highest BCUT2D eigenvalue weighted by Crippen LogP contribution is 2.03. The summed E-state index contributed by atoms with van der Waals surface area (Å²) in [5, 5.41) is 5.39. The zero-order chi connectivity index (χ0) is 13.5. The van der Waals surface area contributed by atoms with Crippen LogP contribution in [0.1, 0.15) is 5.56 Å². The summed E-state index contributed by atoms with van der Waals surface area (Å²) >= 11 is 0. The van der Waals surface area contributed by atoms with Crippen molar-refractivity contribution in [2.24, 2.45) is 0 Å². The normalized spacial score (nSPS) is 9.95. The zero-order valence-electron chi connectivity index (χ0n) is 10.3. The largest absolute Gasteiger partial charge is 0.338 e. The van der Waals surface area contributed by atoms with Gasteiger partial charge in [-0.15, -0.1) is 0 Å². The third kappa shape index (κ3) is 4.39. The fourth-order valence-corrected chi connectivity index (χ4v) is 1.58. The standard InChI is InChI=1S/C14H14FN3O/c15-12-5-3-11(4-6-12)7-9-17-14(19)18-13-2-1-8-16-10-13/h1-6,8,10H,7,9H2,(H2,17,18,19). The van der Waals surface area contributed by atoms with Crippen molar-refractivity contribution in [3.8, 4) is 0 Å². The minimum atomic E-state index is -0.282. The SMILES string of the molecule is O=C(NCCc1ccc(F)cc1)Nc1cccnc1. The number of urea groups is 1. The van der Waals surface area contributed by atoms with Crippen LogP contribution >= 0.6 is 0 Å². The summed E-state index contributed by atoms with van der Waals surface area (Å²) in [6.07, 6.45) is 3.86. The molecular weight excluding hydrogens is 245 g/mol. The second-order valence-electron chi connectivity index (χ2n) is 4.00. The van der Waals surface area contributed by atoms with E-state index >= 15 is 0 Å². The fraction of sp³-hybridized carbons (Fsp3) is 0.143. The van der Waals surface area contributed by atoms with Gasteiger partial charge in [0.15, 0.2) is 0 Å². The Morgan fingerprint density at radius 1 is 1.21 bits per heavy atom. The molecule has 2 aromatic rings. The maximum atomic E-state index is 12.7. The maximum Gasteiger partial charge on any atom is 0.319 e. The Hall–Kier alpha value is -2.43. The Kier molecular flexibility index (Phi) is 4.44. The van der Waals surface area contributed by atoms with E-state index in [-0.39, 0.29) is 11.8 Å². The number of hydrogen-bond acceptors (Lipinski definition) is 2. The summed E-state index contributed by atoms with van der Waals surface area (Å²) in [6.45, 7) is 0.484. The molecule has 2 N–H and O–H groups in total. The van der Waals surface area contributed by atoms with E-state index in [1.54, 1.807) is 36.7 Å². The molecule has 1 heterocycles. The van der Waals surface area contributed by atoms with Crippen LogP contribution in [0.3, 0.4) is 0 Å². The predicted molar refractivity (Wildman–Crippen MR) is 71.4 cm³/mol. The lowest BCUT2D eigenvalue weighted by Gasteiger charge is -2.07. The van der Waals surface area contributed by atoms with E-state index in [9.17, 15) is 9.18 Å². The Labute approximate surface area is 110 Å². The van der Waals surface area contributed by atoms with Gasteiger partial charge >= 0.3 is 6.03 Å². The number of aromatic nitrogens is 1. The van der Waals surface area contributed by atoms with Gasteiger partial charge in [-0.2, -0.15) is 0 Å². The second-order valence-corrected chi connectivity index (χ2v) is 4.00. The lowest BCUT2D eigenvalue weighted by molar-refractivity contribution is 0.252. The number of pyridine rings is 1. The number of anilines is 1. The molecule has 0 aliphatic rings. The van der Waals surface area contributed by atoms with Crippen molar-refractivity contribution in [1.82, 2.24) is 10.3 Å². The predicted octanol–water partition coefficient (Wildman–Crippen LogP) is 2.58. The molecule has 4 nitrogen and oxygen atoms in total. The van der Waals surface area contributed by atoms with Crippen LogP contribution in [0.25, 0.3) is 0 Å². The molecule has 0 radical (unpaired) electrons. The average Bonchev–Trinajstić information content (AvgIpc) is 2.42. The molecule has 5 heteroatoms. The molecule has 0 bridgehead atoms. The molecule has 0 fully saturated rings. The first kappa shape index (κ1) is 13.0. The molecule has 0 saturated carbocycles. The molecule has 0 aliphatic carbocycles. The summed E-state index contributed by atoms with van der Waals surface area (Å²) < 4.78 is 12.7. The van der Waals surface area contributed by atoms with Gasteiger partial charge in [0.2, 0.25) is 0 Å². The first-order valence-electron chi connectivity index (χ1n) is 5.93. The van der Waals surface area contributed by atoms with Crippen LogP contribution in [0, 0.1) is 5.82 Å². The van der Waals surface area contributed by atoms with Crippen LogP contribution in [0.5, 0.6) is 0 Å². The van der Waals surface area contributed by atoms with Gasteiger partial charge in [0.05, 0.1) is 11.9 Å². The topological polar surface area (TPSA) is 54.0 Å². The Morgan fingerprint density at radius 2 is 2.00 bits per heavy atom. The maximum absolute atomic E-state index is 12.7. The number of nitrogens with one attached hydrogen (secondary N) is 2. The molecule has 0 atom stereocenters. The van der Waals surface area contributed by atoms with E-state index in [2.05, 4.69) is 15.6 Å². The van der Waals surface area contributed by atoms with Gasteiger partial charge in [0, 0.05) is 12.7 Å². The van der Waals surface area contributed by atoms with E-state index in [0.717, 1.165) is 5.56 Å². The van der Waals surface area contributed by atoms with Crippen molar-refractivity contribution < 1.29 is 9.18 Å². The smallest absolute Gasteiger partial charge is 0.319 e. The van der Waals surface area contributed by atoms with Crippen LogP contribution in [0.4, 0.5) is 14.9 Å². The third-order valence-corrected chi connectivity index (χ3v) is 2.53. The van der Waals surface area contributed by atoms with Crippen molar-refractivity contribution in [2.45, 2.75) is 6.42 Å². The van der Waals surface area contributed by atoms with Crippen molar-refractivity contribution in [1.29, 1.82) is 0 Å². The second kappa shape index (κ2) is 6.49. The van der Waals surface area contributed by atoms with Gasteiger partial charge in [-0.05, 0) is 36.2 Å². The highest BCUT2D eigenvalue weighted by atomic mass is 19.1. The molecular formula is C14H14FN3O. The van der Waals surface area contributed by atoms with E-state index in [1.807, 2.05) is 0 Å². The molecule has 0 spiro atoms. The number of rotatable bonds is 4. The van der Waals surface area contributed by atoms with Gasteiger partial charge in [-0.1, -0.05) is 12.1 Å². The van der Waals surface area contributed by atoms with Gasteiger partial charge in [0.1, 0.15) is 5.82 Å². The summed E-state index contributed by atoms with van der Waals surface area (Å²) in [4.78, 5) is 15.4. The van der Waals surface area contributed by atoms with Gasteiger partial charge in [-0.3, -0.25) is 4.98 Å². The van der Waals surface area contributed by atoms with Crippen molar-refractivity contribution in [2.75, 3.05) is 11.9 Å². The molecule has 2 rings (SSSR count). The molecule has 1 aromatic carbocycles. The van der Waals surface area contributed by atoms with Gasteiger partial charge in [0.25, 0.3) is 0 Å². The lowest BCUT2D eigenvalue weighted by Crippen LogP contribution is -2.30. The van der Waals surface area contributed by atoms with E-state index in [4.69, 9.17) is 0 Å². The quantitative estimate of drug-likeness (QED) is 0.886. The molecule has 1 aromatic heterocycles. The molecule has 19 heavy (non-hydrogen) atoms. The molecule has 0 saturated heterocycles. The number of carbonyl (C=O) groups excluding carboxylic acids is 1. The summed E-state index contributed by atoms with van der Waals surface area (Å²) in [7, 11) is 0. The summed E-state index contributed by atoms with van der Waals surface area (Å²) in [6, 6.07) is 9.44. The minimum absolute atomic E-state index is 0.258. The zero-order valence-corrected chi connectivity index (χ0v) is 10.3. The monoisotopic (exact) mass is 259 g/mol. The highest BCUT2D eigenvalue weighted by molar-refractivity contribution is 5.88. The van der Waals surface area contributed by atoms with Crippen LogP contribution in [0.15, 0.2) is 48.8 Å². The number of amides is 2. The number of nitrogens with zero attached hydrogens (tertiary/aromatic N) is 1. The average molecular weight is 259 g/mol. The molecule has 0 unspecified atom stereocenters. The van der Waals surface area contributed by atoms with Gasteiger partial charge < -0.3 is 10.6 Å². The van der Waals surface area contributed by atoms with Gasteiger partial charge in [-0.25, -0.2) is 9.18 Å². The molecule has 2 amide bonds. The third-order valence-electron chi connectivity index (χ3n) is 2.53. The number of halogens is 1. The van der Waals surface area contributed by atoms with Crippen LogP contribution in [0.2, 0.25) is 0 Å². The summed E-state index contributed by atoms with van der Waals surface area (Å²) in [5.74, 6) is -0.258. The van der Waals surface area contributed by atoms with Crippen molar-refractivity contribution in [3.63, 3.8) is 0 Å². The fourth-order valence-electron chi connectivity index (χ4n) is 1.58. The molecule has 0 aliphatic heterocycles. The lowest BCUT2D eigenvalue weighted by atomic mass is 10.1. The molecule has 98 valence electrons. The minimum Gasteiger partial charge on any atom is -0.338 e. The Morgan fingerprint density at radius 3 is 2.68 bits per heavy atom. The van der Waals surface area contributed by atoms with E-state index in [1.165, 1.54) is 12.1 Å².